The Morgan fingerprint density at radius 2 is 1.03 bits per heavy atom. The first-order valence-electron chi connectivity index (χ1n) is 11.5. The Labute approximate surface area is 199 Å². The molecule has 4 aromatic rings. The van der Waals surface area contributed by atoms with Crippen LogP contribution in [0.5, 0.6) is 0 Å². The van der Waals surface area contributed by atoms with Gasteiger partial charge in [-0.15, -0.1) is 0 Å². The van der Waals surface area contributed by atoms with Gasteiger partial charge in [-0.05, 0) is 80.9 Å². The van der Waals surface area contributed by atoms with E-state index in [4.69, 9.17) is 0 Å². The van der Waals surface area contributed by atoms with Crippen molar-refractivity contribution in [3.8, 4) is 22.3 Å². The number of hydrogen-bond acceptors (Lipinski definition) is 4. The van der Waals surface area contributed by atoms with Crippen molar-refractivity contribution in [2.24, 2.45) is 0 Å². The van der Waals surface area contributed by atoms with Crippen molar-refractivity contribution in [3.05, 3.63) is 121 Å². The Morgan fingerprint density at radius 3 is 1.47 bits per heavy atom. The molecule has 4 nitrogen and oxygen atoms in total. The first-order valence-corrected chi connectivity index (χ1v) is 11.5. The van der Waals surface area contributed by atoms with E-state index in [-0.39, 0.29) is 0 Å². The average Bonchev–Trinajstić information content (AvgIpc) is 2.93. The number of allylic oxidation sites excluding steroid dienone is 4. The Balaban J connectivity index is 1.55. The molecule has 6 rings (SSSR count). The summed E-state index contributed by atoms with van der Waals surface area (Å²) in [5.41, 5.74) is 9.47. The molecule has 0 unspecified atom stereocenters. The van der Waals surface area contributed by atoms with Crippen molar-refractivity contribution >= 4 is 21.9 Å². The zero-order chi connectivity index (χ0) is 22.7. The lowest BCUT2D eigenvalue weighted by Crippen LogP contribution is -2.08. The molecule has 0 saturated heterocycles. The molecule has 2 N–H and O–H groups in total. The van der Waals surface area contributed by atoms with Gasteiger partial charge in [-0.3, -0.25) is 9.97 Å². The predicted octanol–water partition coefficient (Wildman–Crippen LogP) is 5.96. The van der Waals surface area contributed by atoms with Crippen molar-refractivity contribution in [1.82, 2.24) is 20.6 Å². The molecule has 4 heterocycles. The summed E-state index contributed by atoms with van der Waals surface area (Å²) in [4.78, 5) is 8.87. The number of dihydropyridines is 2. The Morgan fingerprint density at radius 1 is 0.529 bits per heavy atom. The minimum atomic E-state index is 0.824. The molecule has 0 bridgehead atoms. The number of hydrogen-bond donors (Lipinski definition) is 2. The zero-order valence-corrected chi connectivity index (χ0v) is 18.7. The lowest BCUT2D eigenvalue weighted by atomic mass is 9.87. The van der Waals surface area contributed by atoms with Crippen molar-refractivity contribution in [1.29, 1.82) is 0 Å². The van der Waals surface area contributed by atoms with Crippen LogP contribution in [0.1, 0.15) is 11.1 Å². The number of fused-ring (bicyclic) bond motifs is 1. The molecular weight excluding hydrogens is 416 g/mol. The Hall–Kier alpha value is -4.44. The van der Waals surface area contributed by atoms with Gasteiger partial charge in [0.1, 0.15) is 0 Å². The monoisotopic (exact) mass is 440 g/mol. The molecule has 164 valence electrons. The first kappa shape index (κ1) is 20.2. The van der Waals surface area contributed by atoms with Crippen LogP contribution in [0.15, 0.2) is 110 Å². The molecule has 0 amide bonds. The summed E-state index contributed by atoms with van der Waals surface area (Å²) in [6.45, 7) is 1.65. The first-order chi connectivity index (χ1) is 16.9. The van der Waals surface area contributed by atoms with Crippen LogP contribution in [0, 0.1) is 0 Å². The summed E-state index contributed by atoms with van der Waals surface area (Å²) in [7, 11) is 0. The number of benzene rings is 2. The summed E-state index contributed by atoms with van der Waals surface area (Å²) in [5, 5.41) is 8.92. The van der Waals surface area contributed by atoms with Crippen LogP contribution in [0.4, 0.5) is 0 Å². The van der Waals surface area contributed by atoms with Gasteiger partial charge in [0.05, 0.1) is 0 Å². The highest BCUT2D eigenvalue weighted by Crippen LogP contribution is 2.40. The van der Waals surface area contributed by atoms with E-state index in [1.54, 1.807) is 0 Å². The normalized spacial score (nSPS) is 14.8. The second-order valence-corrected chi connectivity index (χ2v) is 8.35. The van der Waals surface area contributed by atoms with E-state index in [2.05, 4.69) is 93.4 Å². The average molecular weight is 441 g/mol. The quantitative estimate of drug-likeness (QED) is 0.411. The molecule has 2 aliphatic rings. The van der Waals surface area contributed by atoms with Gasteiger partial charge >= 0.3 is 0 Å². The molecule has 2 aliphatic heterocycles. The molecule has 0 atom stereocenters. The fourth-order valence-electron chi connectivity index (χ4n) is 4.79. The maximum Gasteiger partial charge on any atom is 0.0352 e. The minimum absolute atomic E-state index is 0.824. The summed E-state index contributed by atoms with van der Waals surface area (Å²) < 4.78 is 0. The molecule has 0 spiro atoms. The van der Waals surface area contributed by atoms with E-state index in [0.29, 0.717) is 0 Å². The van der Waals surface area contributed by atoms with Gasteiger partial charge < -0.3 is 10.6 Å². The standard InChI is InChI=1S/C30H24N4/c1-2-4-24-23(3-1)25(27-11-17-33-19-29(27)21-7-13-31-14-8-21)5-6-26(24)28-12-18-34-20-30(28)22-9-15-32-16-10-22/h1-13,15,17-20,31-32H,14,16H2. The van der Waals surface area contributed by atoms with Crippen molar-refractivity contribution < 1.29 is 0 Å². The summed E-state index contributed by atoms with van der Waals surface area (Å²) in [6.07, 6.45) is 20.3. The van der Waals surface area contributed by atoms with E-state index in [9.17, 15) is 0 Å². The van der Waals surface area contributed by atoms with Gasteiger partial charge in [-0.1, -0.05) is 48.6 Å². The lowest BCUT2D eigenvalue weighted by Gasteiger charge is -2.18. The molecule has 34 heavy (non-hydrogen) atoms. The molecule has 0 radical (unpaired) electrons. The molecule has 4 heteroatoms. The lowest BCUT2D eigenvalue weighted by molar-refractivity contribution is 0.975. The molecule has 0 fully saturated rings. The van der Waals surface area contributed by atoms with Crippen LogP contribution in [0.25, 0.3) is 44.2 Å². The van der Waals surface area contributed by atoms with Gasteiger partial charge in [0, 0.05) is 49.0 Å². The Kier molecular flexibility index (Phi) is 5.24. The SMILES string of the molecule is C1=CC(c2cnccc2-c2ccc(-c3ccncc3C3=CCNC=C3)c3ccccc23)=CCN1. The summed E-state index contributed by atoms with van der Waals surface area (Å²) in [6, 6.07) is 17.4. The Bertz CT molecular complexity index is 1390. The second-order valence-electron chi connectivity index (χ2n) is 8.35. The third kappa shape index (κ3) is 3.59. The van der Waals surface area contributed by atoms with Crippen molar-refractivity contribution in [3.63, 3.8) is 0 Å². The van der Waals surface area contributed by atoms with E-state index in [1.165, 1.54) is 44.2 Å². The van der Waals surface area contributed by atoms with E-state index >= 15 is 0 Å². The molecular formula is C30H24N4. The van der Waals surface area contributed by atoms with E-state index in [0.717, 1.165) is 24.2 Å². The number of rotatable bonds is 4. The van der Waals surface area contributed by atoms with Crippen LogP contribution in [-0.4, -0.2) is 23.1 Å². The fraction of sp³-hybridized carbons (Fsp3) is 0.0667. The summed E-state index contributed by atoms with van der Waals surface area (Å²) in [5.74, 6) is 0. The van der Waals surface area contributed by atoms with Gasteiger partial charge in [0.25, 0.3) is 0 Å². The maximum absolute atomic E-state index is 4.43. The van der Waals surface area contributed by atoms with Gasteiger partial charge in [0.2, 0.25) is 0 Å². The van der Waals surface area contributed by atoms with Crippen molar-refractivity contribution in [2.45, 2.75) is 0 Å². The number of nitrogens with one attached hydrogen (secondary N) is 2. The highest BCUT2D eigenvalue weighted by molar-refractivity contribution is 6.07. The smallest absolute Gasteiger partial charge is 0.0352 e. The van der Waals surface area contributed by atoms with Crippen LogP contribution in [0.3, 0.4) is 0 Å². The highest BCUT2D eigenvalue weighted by Gasteiger charge is 2.16. The van der Waals surface area contributed by atoms with E-state index in [1.807, 2.05) is 37.2 Å². The van der Waals surface area contributed by atoms with Gasteiger partial charge in [0.15, 0.2) is 0 Å². The molecule has 2 aromatic heterocycles. The molecule has 0 aliphatic carbocycles. The zero-order valence-electron chi connectivity index (χ0n) is 18.7. The van der Waals surface area contributed by atoms with Crippen LogP contribution in [0.2, 0.25) is 0 Å². The minimum Gasteiger partial charge on any atom is -0.387 e. The third-order valence-corrected chi connectivity index (χ3v) is 6.41. The third-order valence-electron chi connectivity index (χ3n) is 6.41. The number of pyridine rings is 2. The predicted molar refractivity (Wildman–Crippen MR) is 141 cm³/mol. The topological polar surface area (TPSA) is 49.8 Å². The second kappa shape index (κ2) is 8.83. The molecule has 2 aromatic carbocycles. The van der Waals surface area contributed by atoms with E-state index < -0.39 is 0 Å². The molecule has 0 saturated carbocycles. The van der Waals surface area contributed by atoms with Crippen molar-refractivity contribution in [2.75, 3.05) is 13.1 Å². The van der Waals surface area contributed by atoms with Crippen LogP contribution >= 0.6 is 0 Å². The summed E-state index contributed by atoms with van der Waals surface area (Å²) >= 11 is 0. The van der Waals surface area contributed by atoms with Gasteiger partial charge in [-0.25, -0.2) is 0 Å². The van der Waals surface area contributed by atoms with Gasteiger partial charge in [-0.2, -0.15) is 0 Å². The maximum atomic E-state index is 4.43. The fourth-order valence-corrected chi connectivity index (χ4v) is 4.79. The number of nitrogens with zero attached hydrogens (tertiary/aromatic N) is 2. The van der Waals surface area contributed by atoms with Crippen LogP contribution < -0.4 is 10.6 Å². The highest BCUT2D eigenvalue weighted by atomic mass is 14.8. The number of aromatic nitrogens is 2. The van der Waals surface area contributed by atoms with Crippen LogP contribution in [-0.2, 0) is 0 Å². The largest absolute Gasteiger partial charge is 0.387 e.